The Hall–Kier alpha value is -2.60. The fourth-order valence-electron chi connectivity index (χ4n) is 2.86. The first kappa shape index (κ1) is 21.7. The highest BCUT2D eigenvalue weighted by atomic mass is 32.2. The van der Waals surface area contributed by atoms with Crippen molar-refractivity contribution in [1.29, 1.82) is 0 Å². The molecule has 11 nitrogen and oxygen atoms in total. The molecule has 5 N–H and O–H groups in total. The van der Waals surface area contributed by atoms with E-state index in [1.807, 2.05) is 0 Å². The zero-order valence-corrected chi connectivity index (χ0v) is 16.0. The fraction of sp³-hybridized carbons (Fsp3) is 0.562. The van der Waals surface area contributed by atoms with Crippen LogP contribution in [0, 0.1) is 0 Å². The summed E-state index contributed by atoms with van der Waals surface area (Å²) in [4.78, 5) is 58.6. The van der Waals surface area contributed by atoms with Gasteiger partial charge in [0.25, 0.3) is 5.91 Å². The van der Waals surface area contributed by atoms with Gasteiger partial charge in [0.05, 0.1) is 5.97 Å². The molecule has 2 amide bonds. The Kier molecular flexibility index (Phi) is 7.02. The summed E-state index contributed by atoms with van der Waals surface area (Å²) in [7, 11) is 0. The van der Waals surface area contributed by atoms with E-state index >= 15 is 0 Å². The summed E-state index contributed by atoms with van der Waals surface area (Å²) in [6.07, 6.45) is 0.451. The van der Waals surface area contributed by atoms with E-state index in [9.17, 15) is 34.2 Å². The first-order valence-corrected chi connectivity index (χ1v) is 9.55. The third kappa shape index (κ3) is 4.81. The van der Waals surface area contributed by atoms with Crippen LogP contribution in [0.25, 0.3) is 0 Å². The number of carbonyl (C=O) groups is 5. The summed E-state index contributed by atoms with van der Waals surface area (Å²) in [5.41, 5.74) is 3.48. The summed E-state index contributed by atoms with van der Waals surface area (Å²) < 4.78 is 4.84. The molecule has 0 spiro atoms. The lowest BCUT2D eigenvalue weighted by Crippen LogP contribution is -2.70. The van der Waals surface area contributed by atoms with Gasteiger partial charge in [0.1, 0.15) is 29.8 Å². The quantitative estimate of drug-likeness (QED) is 0.258. The molecule has 0 aromatic heterocycles. The monoisotopic (exact) mass is 415 g/mol. The van der Waals surface area contributed by atoms with Crippen LogP contribution in [0.4, 0.5) is 0 Å². The van der Waals surface area contributed by atoms with Crippen LogP contribution in [0.3, 0.4) is 0 Å². The zero-order chi connectivity index (χ0) is 21.0. The van der Waals surface area contributed by atoms with Crippen LogP contribution in [-0.4, -0.2) is 69.5 Å². The molecule has 2 aliphatic rings. The molecule has 1 fully saturated rings. The van der Waals surface area contributed by atoms with Crippen LogP contribution in [0.1, 0.15) is 26.2 Å². The number of rotatable bonds is 9. The molecule has 2 heterocycles. The van der Waals surface area contributed by atoms with Gasteiger partial charge in [-0.15, -0.1) is 11.8 Å². The smallest absolute Gasteiger partial charge is 0.352 e. The number of hydrogen-bond donors (Lipinski definition) is 3. The topological polar surface area (TPSA) is 181 Å². The molecule has 28 heavy (non-hydrogen) atoms. The normalized spacial score (nSPS) is 22.1. The van der Waals surface area contributed by atoms with E-state index < -0.39 is 47.2 Å². The Bertz CT molecular complexity index is 737. The van der Waals surface area contributed by atoms with Crippen molar-refractivity contribution < 1.29 is 44.7 Å². The van der Waals surface area contributed by atoms with Gasteiger partial charge in [-0.3, -0.25) is 19.3 Å². The second kappa shape index (κ2) is 9.06. The van der Waals surface area contributed by atoms with Gasteiger partial charge in [0.15, 0.2) is 0 Å². The van der Waals surface area contributed by atoms with Crippen LogP contribution < -0.4 is 16.2 Å². The molecule has 0 bridgehead atoms. The molecule has 154 valence electrons. The maximum Gasteiger partial charge on any atom is 0.352 e. The van der Waals surface area contributed by atoms with Crippen molar-refractivity contribution in [2.24, 2.45) is 0 Å². The number of nitrogens with zero attached hydrogens (tertiary/aromatic N) is 1. The molecule has 0 aromatic rings. The van der Waals surface area contributed by atoms with E-state index in [4.69, 9.17) is 4.74 Å². The summed E-state index contributed by atoms with van der Waals surface area (Å²) in [6.45, 7) is 0.978. The standard InChI is InChI=1S/C16H21N3O8S/c1-7(20)27-5-8-6-28-14-11(13(22)19(14)12(8)16(25)26)18-10(21)4-2-3-9(17)15(23)24/h9,11,14H,2-6,17H2,1H3,(H,18,21)(H,23,24)(H,25,26)/t9?,11-,14-/m1/s1. The van der Waals surface area contributed by atoms with Crippen molar-refractivity contribution in [2.45, 2.75) is 43.6 Å². The number of nitrogens with one attached hydrogen (secondary N) is 1. The summed E-state index contributed by atoms with van der Waals surface area (Å²) in [5.74, 6) is -3.92. The number of carboxylic acid groups (broad SMARTS) is 2. The number of hydrogen-bond acceptors (Lipinski definition) is 8. The van der Waals surface area contributed by atoms with E-state index in [-0.39, 0.29) is 37.3 Å². The van der Waals surface area contributed by atoms with E-state index in [1.54, 1.807) is 0 Å². The molecule has 12 heteroatoms. The van der Waals surface area contributed by atoms with Crippen molar-refractivity contribution in [3.63, 3.8) is 0 Å². The van der Waals surface area contributed by atoms with Gasteiger partial charge in [0.2, 0.25) is 5.91 Å². The largest absolute Gasteiger partial charge is 0.544 e. The Balaban J connectivity index is 1.96. The number of esters is 1. The average Bonchev–Trinajstić information content (AvgIpc) is 2.62. The summed E-state index contributed by atoms with van der Waals surface area (Å²) in [6, 6.07) is -1.78. The minimum absolute atomic E-state index is 0.0137. The number of quaternary nitrogens is 1. The second-order valence-corrected chi connectivity index (χ2v) is 7.51. The van der Waals surface area contributed by atoms with E-state index in [1.165, 1.54) is 18.7 Å². The number of aliphatic carboxylic acids is 2. The van der Waals surface area contributed by atoms with Gasteiger partial charge < -0.3 is 30.8 Å². The number of thioether (sulfide) groups is 1. The van der Waals surface area contributed by atoms with Crippen LogP contribution in [0.15, 0.2) is 11.3 Å². The minimum atomic E-state index is -1.31. The van der Waals surface area contributed by atoms with Gasteiger partial charge in [-0.2, -0.15) is 0 Å². The van der Waals surface area contributed by atoms with Crippen molar-refractivity contribution in [2.75, 3.05) is 12.4 Å². The van der Waals surface area contributed by atoms with Gasteiger partial charge in [-0.25, -0.2) is 4.79 Å². The number of amides is 2. The van der Waals surface area contributed by atoms with E-state index in [2.05, 4.69) is 11.1 Å². The van der Waals surface area contributed by atoms with E-state index in [0.717, 1.165) is 4.90 Å². The molecule has 0 aromatic carbocycles. The lowest BCUT2D eigenvalue weighted by molar-refractivity contribution is -0.438. The molecule has 0 saturated carbocycles. The third-order valence-corrected chi connectivity index (χ3v) is 5.65. The highest BCUT2D eigenvalue weighted by molar-refractivity contribution is 8.00. The highest BCUT2D eigenvalue weighted by Gasteiger charge is 2.54. The Labute approximate surface area is 164 Å². The van der Waals surface area contributed by atoms with E-state index in [0.29, 0.717) is 5.57 Å². The number of carbonyl (C=O) groups excluding carboxylic acids is 4. The fourth-order valence-corrected chi connectivity index (χ4v) is 4.18. The molecule has 2 aliphatic heterocycles. The van der Waals surface area contributed by atoms with Crippen molar-refractivity contribution in [3.8, 4) is 0 Å². The van der Waals surface area contributed by atoms with Crippen molar-refractivity contribution in [1.82, 2.24) is 10.2 Å². The maximum atomic E-state index is 12.4. The molecule has 0 aliphatic carbocycles. The SMILES string of the molecule is CC(=O)OCC1=C(C(=O)O)N2C(=O)[C@@H](NC(=O)CCCC([NH3+])C(=O)[O-])[C@H]2SC1. The van der Waals surface area contributed by atoms with Crippen LogP contribution >= 0.6 is 11.8 Å². The first-order chi connectivity index (χ1) is 13.1. The van der Waals surface area contributed by atoms with Gasteiger partial charge in [-0.05, 0) is 6.42 Å². The number of β-lactam (4-membered cyclic amide) rings is 1. The van der Waals surface area contributed by atoms with Gasteiger partial charge in [0, 0.05) is 31.1 Å². The molecule has 3 atom stereocenters. The third-order valence-electron chi connectivity index (χ3n) is 4.31. The predicted octanol–water partition coefficient (Wildman–Crippen LogP) is -3.18. The molecular formula is C16H21N3O8S. The van der Waals surface area contributed by atoms with Crippen molar-refractivity contribution in [3.05, 3.63) is 11.3 Å². The Morgan fingerprint density at radius 1 is 1.43 bits per heavy atom. The second-order valence-electron chi connectivity index (χ2n) is 6.40. The van der Waals surface area contributed by atoms with Crippen LogP contribution in [-0.2, 0) is 28.7 Å². The average molecular weight is 415 g/mol. The number of ether oxygens (including phenoxy) is 1. The Morgan fingerprint density at radius 2 is 2.11 bits per heavy atom. The van der Waals surface area contributed by atoms with Gasteiger partial charge in [-0.1, -0.05) is 0 Å². The van der Waals surface area contributed by atoms with Crippen LogP contribution in [0.5, 0.6) is 0 Å². The summed E-state index contributed by atoms with van der Waals surface area (Å²) in [5, 5.41) is 22.0. The molecule has 0 radical (unpaired) electrons. The van der Waals surface area contributed by atoms with Gasteiger partial charge >= 0.3 is 11.9 Å². The molecule has 1 unspecified atom stereocenters. The lowest BCUT2D eigenvalue weighted by Gasteiger charge is -2.49. The Morgan fingerprint density at radius 3 is 2.68 bits per heavy atom. The first-order valence-electron chi connectivity index (χ1n) is 8.50. The highest BCUT2D eigenvalue weighted by Crippen LogP contribution is 2.40. The molecule has 1 saturated heterocycles. The number of carboxylic acids is 2. The minimum Gasteiger partial charge on any atom is -0.544 e. The maximum absolute atomic E-state index is 12.4. The zero-order valence-electron chi connectivity index (χ0n) is 15.1. The lowest BCUT2D eigenvalue weighted by atomic mass is 10.0. The molecular weight excluding hydrogens is 394 g/mol. The predicted molar refractivity (Wildman–Crippen MR) is 91.9 cm³/mol. The summed E-state index contributed by atoms with van der Waals surface area (Å²) >= 11 is 1.26. The van der Waals surface area contributed by atoms with Crippen molar-refractivity contribution >= 4 is 41.5 Å². The number of fused-ring (bicyclic) bond motifs is 1. The molecule has 2 rings (SSSR count). The van der Waals surface area contributed by atoms with Crippen LogP contribution in [0.2, 0.25) is 0 Å².